The number of halogens is 1. The smallest absolute Gasteiger partial charge is 0.324 e. The SMILES string of the molecule is CS(=O)(=O)CC(=O)Nc1ccccc1S(=O)(=O)F. The number of benzene rings is 1. The van der Waals surface area contributed by atoms with Gasteiger partial charge in [-0.15, -0.1) is 3.89 Å². The van der Waals surface area contributed by atoms with Gasteiger partial charge in [-0.2, -0.15) is 8.42 Å². The summed E-state index contributed by atoms with van der Waals surface area (Å²) in [5, 5.41) is 2.04. The van der Waals surface area contributed by atoms with Crippen molar-refractivity contribution in [1.29, 1.82) is 0 Å². The molecule has 1 aromatic carbocycles. The van der Waals surface area contributed by atoms with Crippen molar-refractivity contribution in [3.63, 3.8) is 0 Å². The third-order valence-electron chi connectivity index (χ3n) is 1.82. The normalized spacial score (nSPS) is 12.1. The molecular weight excluding hydrogens is 285 g/mol. The van der Waals surface area contributed by atoms with E-state index in [1.54, 1.807) is 0 Å². The fourth-order valence-electron chi connectivity index (χ4n) is 1.21. The lowest BCUT2D eigenvalue weighted by Gasteiger charge is -2.07. The summed E-state index contributed by atoms with van der Waals surface area (Å²) in [6, 6.07) is 4.78. The van der Waals surface area contributed by atoms with Crippen molar-refractivity contribution in [1.82, 2.24) is 0 Å². The topological polar surface area (TPSA) is 97.4 Å². The molecule has 0 aliphatic rings. The summed E-state index contributed by atoms with van der Waals surface area (Å²) >= 11 is 0. The second-order valence-electron chi connectivity index (χ2n) is 3.55. The Kier molecular flexibility index (Phi) is 4.07. The van der Waals surface area contributed by atoms with E-state index >= 15 is 0 Å². The Hall–Kier alpha value is -1.48. The van der Waals surface area contributed by atoms with Gasteiger partial charge in [0.2, 0.25) is 5.91 Å². The van der Waals surface area contributed by atoms with Crippen LogP contribution >= 0.6 is 0 Å². The molecule has 0 unspecified atom stereocenters. The van der Waals surface area contributed by atoms with Crippen LogP contribution in [0, 0.1) is 0 Å². The highest BCUT2D eigenvalue weighted by Crippen LogP contribution is 2.22. The zero-order valence-electron chi connectivity index (χ0n) is 9.25. The van der Waals surface area contributed by atoms with Crippen LogP contribution in [0.1, 0.15) is 0 Å². The molecule has 0 aromatic heterocycles. The molecule has 1 aromatic rings. The first-order valence-corrected chi connectivity index (χ1v) is 8.05. The van der Waals surface area contributed by atoms with E-state index in [9.17, 15) is 25.5 Å². The molecule has 0 aliphatic carbocycles. The van der Waals surface area contributed by atoms with Crippen LogP contribution < -0.4 is 5.32 Å². The maximum Gasteiger partial charge on any atom is 0.334 e. The average Bonchev–Trinajstić information content (AvgIpc) is 2.13. The molecule has 0 saturated heterocycles. The first kappa shape index (κ1) is 14.6. The second-order valence-corrected chi connectivity index (χ2v) is 7.01. The van der Waals surface area contributed by atoms with Gasteiger partial charge in [0.1, 0.15) is 10.6 Å². The van der Waals surface area contributed by atoms with Gasteiger partial charge in [-0.1, -0.05) is 12.1 Å². The lowest BCUT2D eigenvalue weighted by Crippen LogP contribution is -2.22. The van der Waals surface area contributed by atoms with Crippen LogP contribution in [0.2, 0.25) is 0 Å². The fourth-order valence-corrected chi connectivity index (χ4v) is 2.38. The number of amides is 1. The van der Waals surface area contributed by atoms with Crippen LogP contribution in [0.4, 0.5) is 9.57 Å². The van der Waals surface area contributed by atoms with E-state index in [1.807, 2.05) is 5.32 Å². The molecular formula is C9H10FNO5S2. The van der Waals surface area contributed by atoms with Crippen molar-refractivity contribution in [3.8, 4) is 0 Å². The zero-order valence-corrected chi connectivity index (χ0v) is 10.9. The molecule has 18 heavy (non-hydrogen) atoms. The van der Waals surface area contributed by atoms with Crippen LogP contribution in [0.15, 0.2) is 29.2 Å². The van der Waals surface area contributed by atoms with Crippen molar-refractivity contribution in [2.45, 2.75) is 4.90 Å². The first-order chi connectivity index (χ1) is 8.09. The highest BCUT2D eigenvalue weighted by atomic mass is 32.3. The molecule has 0 atom stereocenters. The number of para-hydroxylation sites is 1. The van der Waals surface area contributed by atoms with Gasteiger partial charge in [-0.05, 0) is 12.1 Å². The highest BCUT2D eigenvalue weighted by Gasteiger charge is 2.19. The lowest BCUT2D eigenvalue weighted by molar-refractivity contribution is -0.113. The number of nitrogens with one attached hydrogen (secondary N) is 1. The number of anilines is 1. The number of carbonyl (C=O) groups excluding carboxylic acids is 1. The van der Waals surface area contributed by atoms with E-state index in [4.69, 9.17) is 0 Å². The van der Waals surface area contributed by atoms with Crippen LogP contribution in [-0.2, 0) is 24.9 Å². The minimum atomic E-state index is -4.99. The van der Waals surface area contributed by atoms with E-state index in [0.29, 0.717) is 0 Å². The van der Waals surface area contributed by atoms with E-state index in [0.717, 1.165) is 18.4 Å². The maximum absolute atomic E-state index is 12.9. The molecule has 0 saturated carbocycles. The Bertz CT molecular complexity index is 666. The van der Waals surface area contributed by atoms with E-state index in [-0.39, 0.29) is 5.69 Å². The first-order valence-electron chi connectivity index (χ1n) is 4.61. The Labute approximate surface area is 104 Å². The molecule has 0 aliphatic heterocycles. The maximum atomic E-state index is 12.9. The predicted octanol–water partition coefficient (Wildman–Crippen LogP) is 0.328. The van der Waals surface area contributed by atoms with Crippen LogP contribution in [-0.4, -0.2) is 34.8 Å². The van der Waals surface area contributed by atoms with Crippen molar-refractivity contribution in [2.75, 3.05) is 17.3 Å². The second kappa shape index (κ2) is 5.02. The Morgan fingerprint density at radius 2 is 1.78 bits per heavy atom. The van der Waals surface area contributed by atoms with Gasteiger partial charge in [0.05, 0.1) is 5.69 Å². The summed E-state index contributed by atoms with van der Waals surface area (Å²) in [6.07, 6.45) is 0.852. The van der Waals surface area contributed by atoms with Crippen molar-refractivity contribution >= 4 is 31.7 Å². The summed E-state index contributed by atoms with van der Waals surface area (Å²) in [4.78, 5) is 10.6. The molecule has 6 nitrogen and oxygen atoms in total. The molecule has 9 heteroatoms. The van der Waals surface area contributed by atoms with Gasteiger partial charge in [-0.3, -0.25) is 4.79 Å². The minimum absolute atomic E-state index is 0.298. The van der Waals surface area contributed by atoms with E-state index in [1.165, 1.54) is 12.1 Å². The van der Waals surface area contributed by atoms with Gasteiger partial charge < -0.3 is 5.32 Å². The summed E-state index contributed by atoms with van der Waals surface area (Å²) in [6.45, 7) is 0. The van der Waals surface area contributed by atoms with E-state index in [2.05, 4.69) is 0 Å². The van der Waals surface area contributed by atoms with Gasteiger partial charge in [0.25, 0.3) is 0 Å². The predicted molar refractivity (Wildman–Crippen MR) is 63.1 cm³/mol. The summed E-state index contributed by atoms with van der Waals surface area (Å²) < 4.78 is 56.2. The number of rotatable bonds is 4. The summed E-state index contributed by atoms with van der Waals surface area (Å²) in [5.41, 5.74) is -0.298. The molecule has 1 amide bonds. The molecule has 0 radical (unpaired) electrons. The molecule has 0 heterocycles. The van der Waals surface area contributed by atoms with Gasteiger partial charge in [0.15, 0.2) is 9.84 Å². The monoisotopic (exact) mass is 295 g/mol. The average molecular weight is 295 g/mol. The minimum Gasteiger partial charge on any atom is -0.324 e. The molecule has 0 bridgehead atoms. The highest BCUT2D eigenvalue weighted by molar-refractivity contribution is 7.91. The van der Waals surface area contributed by atoms with Crippen LogP contribution in [0.5, 0.6) is 0 Å². The zero-order chi connectivity index (χ0) is 14.0. The van der Waals surface area contributed by atoms with E-state index < -0.39 is 36.6 Å². The summed E-state index contributed by atoms with van der Waals surface area (Å²) in [7, 11) is -8.53. The van der Waals surface area contributed by atoms with Crippen molar-refractivity contribution < 1.29 is 25.5 Å². The Balaban J connectivity index is 3.03. The lowest BCUT2D eigenvalue weighted by atomic mass is 10.3. The molecule has 0 fully saturated rings. The Morgan fingerprint density at radius 3 is 2.28 bits per heavy atom. The third kappa shape index (κ3) is 4.41. The van der Waals surface area contributed by atoms with Gasteiger partial charge >= 0.3 is 10.2 Å². The number of hydrogen-bond donors (Lipinski definition) is 1. The van der Waals surface area contributed by atoms with Crippen molar-refractivity contribution in [2.24, 2.45) is 0 Å². The largest absolute Gasteiger partial charge is 0.334 e. The quantitative estimate of drug-likeness (QED) is 0.807. The molecule has 1 rings (SSSR count). The molecule has 1 N–H and O–H groups in total. The van der Waals surface area contributed by atoms with Gasteiger partial charge in [0, 0.05) is 6.26 Å². The van der Waals surface area contributed by atoms with Crippen LogP contribution in [0.3, 0.4) is 0 Å². The number of hydrogen-bond acceptors (Lipinski definition) is 5. The van der Waals surface area contributed by atoms with Gasteiger partial charge in [-0.25, -0.2) is 8.42 Å². The fraction of sp³-hybridized carbons (Fsp3) is 0.222. The van der Waals surface area contributed by atoms with Crippen molar-refractivity contribution in [3.05, 3.63) is 24.3 Å². The third-order valence-corrected chi connectivity index (χ3v) is 3.49. The number of carbonyl (C=O) groups is 1. The molecule has 0 spiro atoms. The standard InChI is InChI=1S/C9H10FNO5S2/c1-17(13,14)6-9(12)11-7-4-2-3-5-8(7)18(10,15)16/h2-5H,6H2,1H3,(H,11,12). The Morgan fingerprint density at radius 1 is 1.22 bits per heavy atom. The van der Waals surface area contributed by atoms with Crippen LogP contribution in [0.25, 0.3) is 0 Å². The summed E-state index contributed by atoms with van der Waals surface area (Å²) in [5.74, 6) is -1.75. The number of sulfone groups is 1. The molecule has 100 valence electrons.